The van der Waals surface area contributed by atoms with Crippen molar-refractivity contribution in [2.75, 3.05) is 18.4 Å². The molecule has 5 nitrogen and oxygen atoms in total. The Balaban J connectivity index is 0.00000338. The molecule has 2 amide bonds. The summed E-state index contributed by atoms with van der Waals surface area (Å²) in [4.78, 5) is 24.0. The highest BCUT2D eigenvalue weighted by Crippen LogP contribution is 2.38. The lowest BCUT2D eigenvalue weighted by atomic mass is 9.71. The van der Waals surface area contributed by atoms with E-state index >= 15 is 0 Å². The van der Waals surface area contributed by atoms with Crippen LogP contribution in [0.5, 0.6) is 0 Å². The zero-order valence-electron chi connectivity index (χ0n) is 15.1. The standard InChI is InChI=1S/C19H28ClN3O2.ClH/c20-15-6-8-16(9-7-15)23-17(24)5-4-12-22-18(25)13-19(14-21)10-2-1-3-11-19;/h6-9H,1-5,10-14,21H2,(H,22,25)(H,23,24);1H. The van der Waals surface area contributed by atoms with Crippen molar-refractivity contribution in [3.63, 3.8) is 0 Å². The Morgan fingerprint density at radius 1 is 1.08 bits per heavy atom. The lowest BCUT2D eigenvalue weighted by Crippen LogP contribution is -2.38. The van der Waals surface area contributed by atoms with Crippen LogP contribution in [-0.2, 0) is 9.59 Å². The van der Waals surface area contributed by atoms with Crippen LogP contribution in [0.4, 0.5) is 5.69 Å². The first-order chi connectivity index (χ1) is 12.0. The number of anilines is 1. The molecule has 1 saturated carbocycles. The van der Waals surface area contributed by atoms with Crippen molar-refractivity contribution >= 4 is 41.5 Å². The predicted octanol–water partition coefficient (Wildman–Crippen LogP) is 3.90. The Morgan fingerprint density at radius 2 is 1.73 bits per heavy atom. The maximum absolute atomic E-state index is 12.2. The smallest absolute Gasteiger partial charge is 0.224 e. The summed E-state index contributed by atoms with van der Waals surface area (Å²) in [5, 5.41) is 6.37. The van der Waals surface area contributed by atoms with Gasteiger partial charge in [0.05, 0.1) is 0 Å². The van der Waals surface area contributed by atoms with Crippen LogP contribution in [0.15, 0.2) is 24.3 Å². The lowest BCUT2D eigenvalue weighted by molar-refractivity contribution is -0.124. The summed E-state index contributed by atoms with van der Waals surface area (Å²) < 4.78 is 0. The van der Waals surface area contributed by atoms with Gasteiger partial charge in [0.1, 0.15) is 0 Å². The fraction of sp³-hybridized carbons (Fsp3) is 0.579. The van der Waals surface area contributed by atoms with Crippen LogP contribution in [0.2, 0.25) is 5.02 Å². The molecule has 1 aliphatic rings. The van der Waals surface area contributed by atoms with E-state index < -0.39 is 0 Å². The van der Waals surface area contributed by atoms with E-state index in [1.54, 1.807) is 24.3 Å². The van der Waals surface area contributed by atoms with Gasteiger partial charge >= 0.3 is 0 Å². The normalized spacial score (nSPS) is 15.6. The average molecular weight is 402 g/mol. The highest BCUT2D eigenvalue weighted by atomic mass is 35.5. The fourth-order valence-electron chi connectivity index (χ4n) is 3.39. The molecule has 7 heteroatoms. The molecule has 0 aliphatic heterocycles. The molecule has 1 aromatic rings. The zero-order chi connectivity index (χ0) is 18.1. The third-order valence-corrected chi connectivity index (χ3v) is 5.17. The summed E-state index contributed by atoms with van der Waals surface area (Å²) in [5.41, 5.74) is 6.63. The Bertz CT molecular complexity index is 573. The van der Waals surface area contributed by atoms with Crippen LogP contribution in [0.3, 0.4) is 0 Å². The SMILES string of the molecule is Cl.NCC1(CC(=O)NCCCC(=O)Nc2ccc(Cl)cc2)CCCCC1. The van der Waals surface area contributed by atoms with Crippen LogP contribution in [-0.4, -0.2) is 24.9 Å². The van der Waals surface area contributed by atoms with Crippen molar-refractivity contribution in [2.45, 2.75) is 51.4 Å². The number of amides is 2. The van der Waals surface area contributed by atoms with Gasteiger partial charge in [-0.25, -0.2) is 0 Å². The molecule has 0 bridgehead atoms. The van der Waals surface area contributed by atoms with Crippen LogP contribution < -0.4 is 16.4 Å². The molecule has 0 aromatic heterocycles. The maximum atomic E-state index is 12.2. The van der Waals surface area contributed by atoms with Crippen molar-refractivity contribution < 1.29 is 9.59 Å². The molecule has 0 radical (unpaired) electrons. The largest absolute Gasteiger partial charge is 0.356 e. The molecule has 26 heavy (non-hydrogen) atoms. The van der Waals surface area contributed by atoms with Crippen molar-refractivity contribution in [2.24, 2.45) is 11.1 Å². The van der Waals surface area contributed by atoms with E-state index in [2.05, 4.69) is 10.6 Å². The second kappa shape index (κ2) is 11.4. The van der Waals surface area contributed by atoms with Crippen molar-refractivity contribution in [1.82, 2.24) is 5.32 Å². The van der Waals surface area contributed by atoms with Gasteiger partial charge in [-0.05, 0) is 55.5 Å². The van der Waals surface area contributed by atoms with E-state index in [0.29, 0.717) is 37.4 Å². The zero-order valence-corrected chi connectivity index (χ0v) is 16.6. The molecule has 4 N–H and O–H groups in total. The van der Waals surface area contributed by atoms with Crippen molar-refractivity contribution in [3.05, 3.63) is 29.3 Å². The summed E-state index contributed by atoms with van der Waals surface area (Å²) in [6, 6.07) is 6.99. The molecule has 2 rings (SSSR count). The van der Waals surface area contributed by atoms with E-state index in [9.17, 15) is 9.59 Å². The number of nitrogens with one attached hydrogen (secondary N) is 2. The van der Waals surface area contributed by atoms with E-state index in [-0.39, 0.29) is 29.6 Å². The first-order valence-electron chi connectivity index (χ1n) is 9.05. The number of carbonyl (C=O) groups excluding carboxylic acids is 2. The number of hydrogen-bond donors (Lipinski definition) is 3. The number of halogens is 2. The molecule has 1 aromatic carbocycles. The monoisotopic (exact) mass is 401 g/mol. The van der Waals surface area contributed by atoms with Gasteiger partial charge in [0.25, 0.3) is 0 Å². The lowest BCUT2D eigenvalue weighted by Gasteiger charge is -2.35. The van der Waals surface area contributed by atoms with E-state index in [4.69, 9.17) is 17.3 Å². The molecular formula is C19H29Cl2N3O2. The fourth-order valence-corrected chi connectivity index (χ4v) is 3.52. The molecular weight excluding hydrogens is 373 g/mol. The van der Waals surface area contributed by atoms with Gasteiger partial charge in [0, 0.05) is 30.1 Å². The van der Waals surface area contributed by atoms with Crippen molar-refractivity contribution in [3.8, 4) is 0 Å². The number of carbonyl (C=O) groups is 2. The van der Waals surface area contributed by atoms with Crippen molar-refractivity contribution in [1.29, 1.82) is 0 Å². The van der Waals surface area contributed by atoms with Gasteiger partial charge < -0.3 is 16.4 Å². The average Bonchev–Trinajstić information content (AvgIpc) is 2.61. The first-order valence-corrected chi connectivity index (χ1v) is 9.43. The first kappa shape index (κ1) is 22.7. The second-order valence-corrected chi connectivity index (χ2v) is 7.39. The number of nitrogens with two attached hydrogens (primary N) is 1. The predicted molar refractivity (Wildman–Crippen MR) is 109 cm³/mol. The van der Waals surface area contributed by atoms with Gasteiger partial charge in [0.15, 0.2) is 0 Å². The number of benzene rings is 1. The van der Waals surface area contributed by atoms with Gasteiger partial charge in [-0.3, -0.25) is 9.59 Å². The third-order valence-electron chi connectivity index (χ3n) is 4.91. The topological polar surface area (TPSA) is 84.2 Å². The summed E-state index contributed by atoms with van der Waals surface area (Å²) in [5.74, 6) is -0.0206. The minimum Gasteiger partial charge on any atom is -0.356 e. The van der Waals surface area contributed by atoms with Gasteiger partial charge in [-0.15, -0.1) is 12.4 Å². The van der Waals surface area contributed by atoms with Crippen LogP contribution >= 0.6 is 24.0 Å². The summed E-state index contributed by atoms with van der Waals surface area (Å²) in [7, 11) is 0. The van der Waals surface area contributed by atoms with E-state index in [1.165, 1.54) is 6.42 Å². The highest BCUT2D eigenvalue weighted by Gasteiger charge is 2.32. The Kier molecular flexibility index (Phi) is 9.99. The summed E-state index contributed by atoms with van der Waals surface area (Å²) in [6.45, 7) is 1.08. The maximum Gasteiger partial charge on any atom is 0.224 e. The number of hydrogen-bond acceptors (Lipinski definition) is 3. The highest BCUT2D eigenvalue weighted by molar-refractivity contribution is 6.30. The van der Waals surface area contributed by atoms with Gasteiger partial charge in [-0.1, -0.05) is 30.9 Å². The number of rotatable bonds is 8. The quantitative estimate of drug-likeness (QED) is 0.577. The molecule has 1 fully saturated rings. The van der Waals surface area contributed by atoms with Crippen LogP contribution in [0, 0.1) is 5.41 Å². The van der Waals surface area contributed by atoms with E-state index in [0.717, 1.165) is 31.4 Å². The molecule has 0 heterocycles. The molecule has 0 unspecified atom stereocenters. The Hall–Kier alpha value is -1.30. The molecule has 146 valence electrons. The van der Waals surface area contributed by atoms with Crippen LogP contribution in [0.25, 0.3) is 0 Å². The van der Waals surface area contributed by atoms with Gasteiger partial charge in [0.2, 0.25) is 11.8 Å². The molecule has 0 atom stereocenters. The van der Waals surface area contributed by atoms with E-state index in [1.807, 2.05) is 0 Å². The molecule has 0 saturated heterocycles. The Morgan fingerprint density at radius 3 is 2.35 bits per heavy atom. The summed E-state index contributed by atoms with van der Waals surface area (Å²) in [6.07, 6.45) is 7.13. The minimum atomic E-state index is -0.0673. The summed E-state index contributed by atoms with van der Waals surface area (Å²) >= 11 is 5.81. The minimum absolute atomic E-state index is 0. The third kappa shape index (κ3) is 7.52. The Labute approximate surface area is 166 Å². The second-order valence-electron chi connectivity index (χ2n) is 6.95. The molecule has 0 spiro atoms. The molecule has 1 aliphatic carbocycles. The van der Waals surface area contributed by atoms with Gasteiger partial charge in [-0.2, -0.15) is 0 Å². The van der Waals surface area contributed by atoms with Crippen LogP contribution in [0.1, 0.15) is 51.4 Å².